The Morgan fingerprint density at radius 3 is 2.33 bits per heavy atom. The van der Waals surface area contributed by atoms with Crippen LogP contribution in [0.15, 0.2) is 88.3 Å². The van der Waals surface area contributed by atoms with Crippen molar-refractivity contribution in [3.63, 3.8) is 0 Å². The molecule has 0 aliphatic carbocycles. The Labute approximate surface area is 254 Å². The molecule has 1 N–H and O–H groups in total. The first-order valence-corrected chi connectivity index (χ1v) is 15.5. The standard InChI is InChI=1S/C17H19F3N2OS2.C14H19NO2/c1-16(23,17(18,19)20)13-4-6-14(7-5-13)21-8-10-22(11-9-21)25-15-3-2-12-24-15;1-12-8-16-10-14(15(12)2)11-17-9-13-6-4-3-5-7-13/h2-7,12,23H,8-11H2,1H3;3-7,11-12H,8-10H2,1-2H3/b;14-11+. The molecule has 3 heterocycles. The van der Waals surface area contributed by atoms with E-state index in [-0.39, 0.29) is 5.56 Å². The fraction of sp³-hybridized carbons (Fsp3) is 0.419. The maximum absolute atomic E-state index is 12.9. The zero-order chi connectivity index (χ0) is 30.2. The summed E-state index contributed by atoms with van der Waals surface area (Å²) in [6.45, 7) is 8.33. The number of hydrogen-bond acceptors (Lipinski definition) is 8. The number of rotatable bonds is 7. The molecule has 2 aliphatic rings. The minimum absolute atomic E-state index is 0.143. The van der Waals surface area contributed by atoms with Crippen molar-refractivity contribution in [1.29, 1.82) is 0 Å². The number of piperazine rings is 1. The maximum Gasteiger partial charge on any atom is 0.421 e. The Balaban J connectivity index is 0.000000208. The van der Waals surface area contributed by atoms with Gasteiger partial charge in [0.1, 0.15) is 12.9 Å². The number of hydrogen-bond donors (Lipinski definition) is 1. The number of halogens is 3. The fourth-order valence-corrected chi connectivity index (χ4v) is 6.24. The highest BCUT2D eigenvalue weighted by Crippen LogP contribution is 2.39. The van der Waals surface area contributed by atoms with Crippen molar-refractivity contribution in [3.8, 4) is 0 Å². The summed E-state index contributed by atoms with van der Waals surface area (Å²) in [4.78, 5) is 4.35. The van der Waals surface area contributed by atoms with E-state index >= 15 is 0 Å². The van der Waals surface area contributed by atoms with Crippen LogP contribution in [0.1, 0.15) is 25.0 Å². The van der Waals surface area contributed by atoms with Gasteiger partial charge in [0.15, 0.2) is 5.60 Å². The molecule has 6 nitrogen and oxygen atoms in total. The topological polar surface area (TPSA) is 48.4 Å². The number of aliphatic hydroxyl groups is 1. The molecule has 5 rings (SSSR count). The third kappa shape index (κ3) is 8.67. The van der Waals surface area contributed by atoms with Gasteiger partial charge in [-0.05, 0) is 60.5 Å². The molecular weight excluding hydrogens is 583 g/mol. The molecule has 42 heavy (non-hydrogen) atoms. The van der Waals surface area contributed by atoms with E-state index in [0.717, 1.165) is 51.1 Å². The van der Waals surface area contributed by atoms with E-state index in [2.05, 4.69) is 51.7 Å². The summed E-state index contributed by atoms with van der Waals surface area (Å²) in [5.74, 6) is 0. The lowest BCUT2D eigenvalue weighted by Crippen LogP contribution is -2.43. The molecule has 0 radical (unpaired) electrons. The third-order valence-electron chi connectivity index (χ3n) is 7.33. The first-order valence-electron chi connectivity index (χ1n) is 13.8. The first kappa shape index (κ1) is 32.2. The van der Waals surface area contributed by atoms with Crippen LogP contribution in [0.3, 0.4) is 0 Å². The normalized spacial score (nSPS) is 20.5. The van der Waals surface area contributed by atoms with E-state index in [1.165, 1.54) is 21.9 Å². The predicted molar refractivity (Wildman–Crippen MR) is 163 cm³/mol. The van der Waals surface area contributed by atoms with Crippen LogP contribution in [0.2, 0.25) is 0 Å². The molecule has 2 aliphatic heterocycles. The number of anilines is 1. The van der Waals surface area contributed by atoms with E-state index in [0.29, 0.717) is 19.3 Å². The number of nitrogens with zero attached hydrogens (tertiary/aromatic N) is 3. The molecule has 2 saturated heterocycles. The number of likely N-dealkylation sites (N-methyl/N-ethyl adjacent to an activating group) is 1. The van der Waals surface area contributed by atoms with Gasteiger partial charge in [-0.3, -0.25) is 0 Å². The zero-order valence-electron chi connectivity index (χ0n) is 24.1. The smallest absolute Gasteiger partial charge is 0.421 e. The van der Waals surface area contributed by atoms with Crippen LogP contribution < -0.4 is 4.90 Å². The van der Waals surface area contributed by atoms with Gasteiger partial charge < -0.3 is 24.4 Å². The molecule has 0 spiro atoms. The van der Waals surface area contributed by atoms with Crippen LogP contribution >= 0.6 is 23.3 Å². The van der Waals surface area contributed by atoms with Crippen LogP contribution in [0.25, 0.3) is 0 Å². The van der Waals surface area contributed by atoms with Crippen LogP contribution in [0.5, 0.6) is 0 Å². The van der Waals surface area contributed by atoms with Crippen molar-refractivity contribution in [2.75, 3.05) is 51.3 Å². The maximum atomic E-state index is 12.9. The molecule has 2 atom stereocenters. The SMILES string of the molecule is CC(O)(c1ccc(N2CCN(Sc3cccs3)CC2)cc1)C(F)(F)F.CC1COC/C(=C\OCc2ccccc2)N1C. The van der Waals surface area contributed by atoms with Gasteiger partial charge in [0.25, 0.3) is 0 Å². The molecule has 2 fully saturated rings. The van der Waals surface area contributed by atoms with E-state index < -0.39 is 11.8 Å². The molecule has 228 valence electrons. The summed E-state index contributed by atoms with van der Waals surface area (Å²) in [5, 5.41) is 11.8. The summed E-state index contributed by atoms with van der Waals surface area (Å²) in [5.41, 5.74) is 0.177. The Bertz CT molecular complexity index is 1250. The average Bonchev–Trinajstić information content (AvgIpc) is 3.49. The Morgan fingerprint density at radius 1 is 1.02 bits per heavy atom. The van der Waals surface area contributed by atoms with Crippen LogP contribution in [0, 0.1) is 0 Å². The third-order valence-corrected chi connectivity index (χ3v) is 9.45. The lowest BCUT2D eigenvalue weighted by Gasteiger charge is -2.35. The molecule has 0 amide bonds. The molecule has 1 aromatic heterocycles. The van der Waals surface area contributed by atoms with Gasteiger partial charge >= 0.3 is 6.18 Å². The molecule has 3 aromatic rings. The fourth-order valence-electron chi connectivity index (χ4n) is 4.40. The van der Waals surface area contributed by atoms with Gasteiger partial charge in [0.05, 0.1) is 23.1 Å². The van der Waals surface area contributed by atoms with Crippen molar-refractivity contribution in [1.82, 2.24) is 9.21 Å². The first-order chi connectivity index (χ1) is 20.0. The van der Waals surface area contributed by atoms with Crippen LogP contribution in [0.4, 0.5) is 18.9 Å². The Morgan fingerprint density at radius 2 is 1.71 bits per heavy atom. The van der Waals surface area contributed by atoms with E-state index in [1.54, 1.807) is 35.4 Å². The molecule has 2 unspecified atom stereocenters. The van der Waals surface area contributed by atoms with Crippen molar-refractivity contribution >= 4 is 29.0 Å². The van der Waals surface area contributed by atoms with Gasteiger partial charge in [-0.2, -0.15) is 13.2 Å². The van der Waals surface area contributed by atoms with Gasteiger partial charge in [-0.25, -0.2) is 4.31 Å². The number of ether oxygens (including phenoxy) is 2. The quantitative estimate of drug-likeness (QED) is 0.232. The number of thiophene rings is 1. The van der Waals surface area contributed by atoms with Crippen molar-refractivity contribution in [2.45, 2.75) is 42.5 Å². The van der Waals surface area contributed by atoms with Gasteiger partial charge in [0, 0.05) is 45.0 Å². The van der Waals surface area contributed by atoms with E-state index in [9.17, 15) is 18.3 Å². The Hall–Kier alpha value is -2.70. The molecule has 0 saturated carbocycles. The molecule has 11 heteroatoms. The van der Waals surface area contributed by atoms with Crippen molar-refractivity contribution < 1.29 is 27.8 Å². The molecule has 0 bridgehead atoms. The van der Waals surface area contributed by atoms with Crippen molar-refractivity contribution in [3.05, 3.63) is 95.2 Å². The minimum Gasteiger partial charge on any atom is -0.495 e. The summed E-state index contributed by atoms with van der Waals surface area (Å²) < 4.78 is 53.3. The number of morpholine rings is 1. The summed E-state index contributed by atoms with van der Waals surface area (Å²) in [6, 6.07) is 20.7. The lowest BCUT2D eigenvalue weighted by atomic mass is 9.95. The van der Waals surface area contributed by atoms with Crippen molar-refractivity contribution in [2.24, 2.45) is 0 Å². The van der Waals surface area contributed by atoms with Gasteiger partial charge in [0.2, 0.25) is 0 Å². The average molecular weight is 622 g/mol. The van der Waals surface area contributed by atoms with Crippen LogP contribution in [-0.2, 0) is 21.7 Å². The Kier molecular flexibility index (Phi) is 11.2. The monoisotopic (exact) mass is 621 g/mol. The van der Waals surface area contributed by atoms with E-state index in [1.807, 2.05) is 30.5 Å². The largest absolute Gasteiger partial charge is 0.495 e. The predicted octanol–water partition coefficient (Wildman–Crippen LogP) is 6.74. The molecular formula is C31H38F3N3O3S2. The summed E-state index contributed by atoms with van der Waals surface area (Å²) in [7, 11) is 2.07. The lowest BCUT2D eigenvalue weighted by molar-refractivity contribution is -0.258. The molecule has 2 aromatic carbocycles. The minimum atomic E-state index is -4.70. The second-order valence-electron chi connectivity index (χ2n) is 10.4. The summed E-state index contributed by atoms with van der Waals surface area (Å²) >= 11 is 3.46. The number of alkyl halides is 3. The zero-order valence-corrected chi connectivity index (χ0v) is 25.7. The highest BCUT2D eigenvalue weighted by Gasteiger charge is 2.51. The number of benzene rings is 2. The highest BCUT2D eigenvalue weighted by molar-refractivity contribution is 7.98. The van der Waals surface area contributed by atoms with Crippen LogP contribution in [-0.4, -0.2) is 73.0 Å². The second kappa shape index (κ2) is 14.7. The second-order valence-corrected chi connectivity index (χ2v) is 12.8. The van der Waals surface area contributed by atoms with Gasteiger partial charge in [-0.1, -0.05) is 48.5 Å². The van der Waals surface area contributed by atoms with Gasteiger partial charge in [-0.15, -0.1) is 11.3 Å². The van der Waals surface area contributed by atoms with E-state index in [4.69, 9.17) is 9.47 Å². The summed E-state index contributed by atoms with van der Waals surface area (Å²) in [6.07, 6.45) is -2.89. The highest BCUT2D eigenvalue weighted by atomic mass is 32.2.